The molecule has 4 aromatic rings. The average molecular weight is 362 g/mol. The predicted octanol–water partition coefficient (Wildman–Crippen LogP) is 4.01. The van der Waals surface area contributed by atoms with Crippen molar-refractivity contribution >= 4 is 11.0 Å². The first-order chi connectivity index (χ1) is 13.0. The largest absolute Gasteiger partial charge is 0.346 e. The third-order valence-corrected chi connectivity index (χ3v) is 5.45. The van der Waals surface area contributed by atoms with Crippen LogP contribution < -0.4 is 0 Å². The van der Waals surface area contributed by atoms with E-state index in [1.807, 2.05) is 18.3 Å². The lowest BCUT2D eigenvalue weighted by atomic mass is 9.76. The molecule has 1 N–H and O–H groups in total. The number of hydrogen-bond donors (Lipinski definition) is 1. The maximum Gasteiger partial charge on any atom is 0.279 e. The fourth-order valence-electron chi connectivity index (χ4n) is 3.93. The smallest absolute Gasteiger partial charge is 0.279 e. The highest BCUT2D eigenvalue weighted by Gasteiger charge is 2.32. The zero-order chi connectivity index (χ0) is 18.6. The van der Waals surface area contributed by atoms with Crippen LogP contribution in [0.25, 0.3) is 34.0 Å². The molecule has 0 saturated heterocycles. The first-order valence-electron chi connectivity index (χ1n) is 9.40. The lowest BCUT2D eigenvalue weighted by Crippen LogP contribution is -2.24. The first-order valence-corrected chi connectivity index (χ1v) is 9.40. The Morgan fingerprint density at radius 2 is 2.22 bits per heavy atom. The van der Waals surface area contributed by atoms with E-state index >= 15 is 0 Å². The topological polar surface area (TPSA) is 85.4 Å². The highest BCUT2D eigenvalue weighted by molar-refractivity contribution is 5.80. The van der Waals surface area contributed by atoms with Gasteiger partial charge in [0.05, 0.1) is 0 Å². The van der Waals surface area contributed by atoms with Crippen LogP contribution in [0.15, 0.2) is 29.0 Å². The van der Waals surface area contributed by atoms with Gasteiger partial charge in [0.1, 0.15) is 5.65 Å². The number of aromatic nitrogens is 6. The Kier molecular flexibility index (Phi) is 3.47. The third kappa shape index (κ3) is 2.65. The van der Waals surface area contributed by atoms with E-state index in [0.29, 0.717) is 17.1 Å². The summed E-state index contributed by atoms with van der Waals surface area (Å²) < 4.78 is 7.69. The maximum atomic E-state index is 5.60. The normalized spacial score (nSPS) is 16.0. The Morgan fingerprint density at radius 1 is 1.33 bits per heavy atom. The van der Waals surface area contributed by atoms with Gasteiger partial charge >= 0.3 is 0 Å². The van der Waals surface area contributed by atoms with E-state index in [4.69, 9.17) is 9.62 Å². The monoisotopic (exact) mass is 362 g/mol. The molecule has 1 aliphatic carbocycles. The number of nitrogens with one attached hydrogen (secondary N) is 1. The van der Waals surface area contributed by atoms with E-state index in [9.17, 15) is 0 Å². The van der Waals surface area contributed by atoms with Gasteiger partial charge in [-0.3, -0.25) is 4.68 Å². The minimum absolute atomic E-state index is 0.300. The van der Waals surface area contributed by atoms with E-state index in [2.05, 4.69) is 45.6 Å². The minimum atomic E-state index is 0.300. The van der Waals surface area contributed by atoms with Crippen LogP contribution in [0.2, 0.25) is 0 Å². The molecule has 27 heavy (non-hydrogen) atoms. The van der Waals surface area contributed by atoms with Gasteiger partial charge in [0.2, 0.25) is 5.82 Å². The summed E-state index contributed by atoms with van der Waals surface area (Å²) in [6, 6.07) is 3.99. The first kappa shape index (κ1) is 16.2. The molecule has 1 aliphatic rings. The van der Waals surface area contributed by atoms with Gasteiger partial charge in [0.25, 0.3) is 5.89 Å². The van der Waals surface area contributed by atoms with Crippen molar-refractivity contribution in [3.05, 3.63) is 35.8 Å². The summed E-state index contributed by atoms with van der Waals surface area (Å²) in [6.45, 7) is 7.60. The van der Waals surface area contributed by atoms with Crippen LogP contribution >= 0.6 is 0 Å². The van der Waals surface area contributed by atoms with Crippen molar-refractivity contribution in [1.82, 2.24) is 29.9 Å². The summed E-state index contributed by atoms with van der Waals surface area (Å²) in [5.41, 5.74) is 5.37. The summed E-state index contributed by atoms with van der Waals surface area (Å²) in [7, 11) is 0. The van der Waals surface area contributed by atoms with E-state index in [1.54, 1.807) is 6.20 Å². The molecular formula is C20H22N6O. The molecule has 0 saturated carbocycles. The van der Waals surface area contributed by atoms with Crippen molar-refractivity contribution < 1.29 is 4.52 Å². The number of aromatic amines is 1. The molecule has 7 heteroatoms. The average Bonchev–Trinajstić information content (AvgIpc) is 3.37. The van der Waals surface area contributed by atoms with Gasteiger partial charge < -0.3 is 9.51 Å². The molecule has 0 aromatic carbocycles. The lowest BCUT2D eigenvalue weighted by Gasteiger charge is -2.30. The molecule has 4 aromatic heterocycles. The summed E-state index contributed by atoms with van der Waals surface area (Å²) in [6.07, 6.45) is 6.78. The van der Waals surface area contributed by atoms with E-state index < -0.39 is 0 Å². The van der Waals surface area contributed by atoms with Crippen LogP contribution in [-0.4, -0.2) is 29.9 Å². The highest BCUT2D eigenvalue weighted by Crippen LogP contribution is 2.39. The fourth-order valence-corrected chi connectivity index (χ4v) is 3.93. The second-order valence-electron chi connectivity index (χ2n) is 7.99. The fraction of sp³-hybridized carbons (Fsp3) is 0.400. The third-order valence-electron chi connectivity index (χ3n) is 5.45. The van der Waals surface area contributed by atoms with Crippen molar-refractivity contribution in [2.24, 2.45) is 5.41 Å². The Morgan fingerprint density at radius 3 is 3.07 bits per heavy atom. The Bertz CT molecular complexity index is 1130. The molecule has 0 unspecified atom stereocenters. The molecule has 7 nitrogen and oxygen atoms in total. The second kappa shape index (κ2) is 5.77. The standard InChI is InChI=1S/C20H22N6O/c1-4-26-15-10-20(2,3)7-5-14(15)16(24-26)19-23-18(25-27-19)13-9-12-6-8-21-17(12)22-11-13/h6,8-9,11H,4-5,7,10H2,1-3H3,(H,21,22). The number of aryl methyl sites for hydroxylation is 1. The number of H-pyrrole nitrogens is 1. The van der Waals surface area contributed by atoms with Gasteiger partial charge in [0.15, 0.2) is 5.69 Å². The summed E-state index contributed by atoms with van der Waals surface area (Å²) in [5, 5.41) is 10.00. The number of nitrogens with zero attached hydrogens (tertiary/aromatic N) is 5. The van der Waals surface area contributed by atoms with Crippen LogP contribution in [0.4, 0.5) is 0 Å². The molecule has 0 radical (unpaired) electrons. The summed E-state index contributed by atoms with van der Waals surface area (Å²) >= 11 is 0. The predicted molar refractivity (Wildman–Crippen MR) is 102 cm³/mol. The zero-order valence-electron chi connectivity index (χ0n) is 15.8. The SMILES string of the molecule is CCn1nc(-c2nc(-c3cnc4[nH]ccc4c3)no2)c2c1CC(C)(C)CC2. The van der Waals surface area contributed by atoms with Gasteiger partial charge in [-0.25, -0.2) is 4.98 Å². The van der Waals surface area contributed by atoms with Crippen molar-refractivity contribution in [2.45, 2.75) is 46.6 Å². The van der Waals surface area contributed by atoms with E-state index in [0.717, 1.165) is 48.1 Å². The summed E-state index contributed by atoms with van der Waals surface area (Å²) in [5.74, 6) is 1.03. The molecule has 138 valence electrons. The molecule has 0 spiro atoms. The van der Waals surface area contributed by atoms with Crippen LogP contribution in [0.1, 0.15) is 38.4 Å². The van der Waals surface area contributed by atoms with Crippen LogP contribution in [-0.2, 0) is 19.4 Å². The number of hydrogen-bond acceptors (Lipinski definition) is 5. The minimum Gasteiger partial charge on any atom is -0.346 e. The quantitative estimate of drug-likeness (QED) is 0.595. The second-order valence-corrected chi connectivity index (χ2v) is 7.99. The molecule has 0 atom stereocenters. The van der Waals surface area contributed by atoms with Gasteiger partial charge in [-0.05, 0) is 43.7 Å². The van der Waals surface area contributed by atoms with Gasteiger partial charge in [0, 0.05) is 41.1 Å². The van der Waals surface area contributed by atoms with Gasteiger partial charge in [-0.2, -0.15) is 10.1 Å². The Hall–Kier alpha value is -2.96. The molecule has 0 amide bonds. The molecule has 5 rings (SSSR count). The van der Waals surface area contributed by atoms with Crippen LogP contribution in [0.5, 0.6) is 0 Å². The van der Waals surface area contributed by atoms with Crippen molar-refractivity contribution in [1.29, 1.82) is 0 Å². The van der Waals surface area contributed by atoms with Crippen molar-refractivity contribution in [3.63, 3.8) is 0 Å². The number of fused-ring (bicyclic) bond motifs is 2. The summed E-state index contributed by atoms with van der Waals surface area (Å²) in [4.78, 5) is 12.1. The lowest BCUT2D eigenvalue weighted by molar-refractivity contribution is 0.304. The van der Waals surface area contributed by atoms with Crippen LogP contribution in [0, 0.1) is 5.41 Å². The van der Waals surface area contributed by atoms with Crippen LogP contribution in [0.3, 0.4) is 0 Å². The highest BCUT2D eigenvalue weighted by atomic mass is 16.5. The number of pyridine rings is 1. The van der Waals surface area contributed by atoms with Crippen molar-refractivity contribution in [2.75, 3.05) is 0 Å². The zero-order valence-corrected chi connectivity index (χ0v) is 15.8. The van der Waals surface area contributed by atoms with Crippen molar-refractivity contribution in [3.8, 4) is 23.0 Å². The molecule has 0 fully saturated rings. The maximum absolute atomic E-state index is 5.60. The Balaban J connectivity index is 1.56. The number of rotatable bonds is 3. The molecule has 4 heterocycles. The molecule has 0 aliphatic heterocycles. The van der Waals surface area contributed by atoms with Gasteiger partial charge in [-0.15, -0.1) is 0 Å². The van der Waals surface area contributed by atoms with E-state index in [-0.39, 0.29) is 0 Å². The molecule has 0 bridgehead atoms. The molecular weight excluding hydrogens is 340 g/mol. The van der Waals surface area contributed by atoms with E-state index in [1.165, 1.54) is 11.3 Å². The Labute approximate surface area is 156 Å². The van der Waals surface area contributed by atoms with Gasteiger partial charge in [-0.1, -0.05) is 19.0 Å².